The molecule has 3 rings (SSSR count). The van der Waals surface area contributed by atoms with Gasteiger partial charge in [-0.15, -0.1) is 11.3 Å². The van der Waals surface area contributed by atoms with E-state index in [1.54, 1.807) is 11.3 Å². The Morgan fingerprint density at radius 2 is 2.23 bits per heavy atom. The topological polar surface area (TPSA) is 45.2 Å². The summed E-state index contributed by atoms with van der Waals surface area (Å²) in [5.41, 5.74) is 1.36. The molecule has 1 aliphatic heterocycles. The molecular formula is C17H21N3OS. The standard InChI is InChI=1S/C17H21N3OS/c1-13-18-10-16(22-13)11-19-17(21)20-8-7-15(12-20)9-14-5-3-2-4-6-14/h2-6,10,15H,7-9,11-12H2,1H3,(H,19,21). The molecule has 1 aromatic carbocycles. The Morgan fingerprint density at radius 1 is 1.41 bits per heavy atom. The molecule has 1 aromatic heterocycles. The minimum absolute atomic E-state index is 0.0432. The number of amides is 2. The molecule has 5 heteroatoms. The number of carbonyl (C=O) groups is 1. The van der Waals surface area contributed by atoms with Crippen molar-refractivity contribution in [2.75, 3.05) is 13.1 Å². The van der Waals surface area contributed by atoms with E-state index in [0.29, 0.717) is 12.5 Å². The fourth-order valence-electron chi connectivity index (χ4n) is 2.89. The Labute approximate surface area is 135 Å². The van der Waals surface area contributed by atoms with E-state index in [0.717, 1.165) is 35.8 Å². The second kappa shape index (κ2) is 6.92. The molecule has 2 heterocycles. The first-order valence-electron chi connectivity index (χ1n) is 7.69. The van der Waals surface area contributed by atoms with E-state index >= 15 is 0 Å². The van der Waals surface area contributed by atoms with Crippen LogP contribution in [0.3, 0.4) is 0 Å². The lowest BCUT2D eigenvalue weighted by molar-refractivity contribution is 0.206. The smallest absolute Gasteiger partial charge is 0.317 e. The number of benzene rings is 1. The van der Waals surface area contributed by atoms with Crippen molar-refractivity contribution in [3.63, 3.8) is 0 Å². The molecule has 1 unspecified atom stereocenters. The molecule has 0 saturated carbocycles. The zero-order valence-electron chi connectivity index (χ0n) is 12.8. The molecule has 4 nitrogen and oxygen atoms in total. The van der Waals surface area contributed by atoms with Crippen molar-refractivity contribution in [2.45, 2.75) is 26.3 Å². The van der Waals surface area contributed by atoms with Gasteiger partial charge in [0.15, 0.2) is 0 Å². The molecule has 0 aliphatic carbocycles. The van der Waals surface area contributed by atoms with E-state index in [4.69, 9.17) is 0 Å². The molecule has 0 radical (unpaired) electrons. The van der Waals surface area contributed by atoms with Crippen LogP contribution in [-0.2, 0) is 13.0 Å². The molecule has 0 bridgehead atoms. The quantitative estimate of drug-likeness (QED) is 0.941. The van der Waals surface area contributed by atoms with Gasteiger partial charge in [-0.1, -0.05) is 30.3 Å². The minimum Gasteiger partial charge on any atom is -0.333 e. The van der Waals surface area contributed by atoms with Crippen LogP contribution in [0.15, 0.2) is 36.5 Å². The number of rotatable bonds is 4. The van der Waals surface area contributed by atoms with Gasteiger partial charge in [-0.3, -0.25) is 0 Å². The zero-order chi connectivity index (χ0) is 15.4. The highest BCUT2D eigenvalue weighted by molar-refractivity contribution is 7.11. The van der Waals surface area contributed by atoms with Crippen LogP contribution in [0.5, 0.6) is 0 Å². The average Bonchev–Trinajstić information content (AvgIpc) is 3.15. The summed E-state index contributed by atoms with van der Waals surface area (Å²) < 4.78 is 0. The summed E-state index contributed by atoms with van der Waals surface area (Å²) in [7, 11) is 0. The molecule has 116 valence electrons. The third-order valence-corrected chi connectivity index (χ3v) is 4.94. The Morgan fingerprint density at radius 3 is 2.95 bits per heavy atom. The fraction of sp³-hybridized carbons (Fsp3) is 0.412. The van der Waals surface area contributed by atoms with Crippen LogP contribution in [-0.4, -0.2) is 29.0 Å². The fourth-order valence-corrected chi connectivity index (χ4v) is 3.63. The molecule has 1 aliphatic rings. The summed E-state index contributed by atoms with van der Waals surface area (Å²) in [6.07, 6.45) is 3.98. The number of thiazole rings is 1. The number of hydrogen-bond acceptors (Lipinski definition) is 3. The third-order valence-electron chi connectivity index (χ3n) is 4.02. The van der Waals surface area contributed by atoms with Gasteiger partial charge in [-0.25, -0.2) is 9.78 Å². The minimum atomic E-state index is 0.0432. The highest BCUT2D eigenvalue weighted by Gasteiger charge is 2.26. The van der Waals surface area contributed by atoms with Gasteiger partial charge in [0.1, 0.15) is 0 Å². The zero-order valence-corrected chi connectivity index (χ0v) is 13.6. The van der Waals surface area contributed by atoms with Crippen molar-refractivity contribution in [3.8, 4) is 0 Å². The predicted molar refractivity (Wildman–Crippen MR) is 88.9 cm³/mol. The lowest BCUT2D eigenvalue weighted by Gasteiger charge is -2.17. The number of nitrogens with one attached hydrogen (secondary N) is 1. The van der Waals surface area contributed by atoms with Gasteiger partial charge in [0.05, 0.1) is 11.6 Å². The lowest BCUT2D eigenvalue weighted by atomic mass is 9.99. The van der Waals surface area contributed by atoms with Gasteiger partial charge in [-0.2, -0.15) is 0 Å². The van der Waals surface area contributed by atoms with Gasteiger partial charge in [-0.05, 0) is 31.2 Å². The maximum atomic E-state index is 12.2. The first kappa shape index (κ1) is 15.0. The van der Waals surface area contributed by atoms with E-state index in [1.165, 1.54) is 5.56 Å². The summed E-state index contributed by atoms with van der Waals surface area (Å²) in [6, 6.07) is 10.6. The number of aromatic nitrogens is 1. The van der Waals surface area contributed by atoms with E-state index in [9.17, 15) is 4.79 Å². The Kier molecular flexibility index (Phi) is 4.73. The van der Waals surface area contributed by atoms with Gasteiger partial charge in [0, 0.05) is 24.2 Å². The van der Waals surface area contributed by atoms with Gasteiger partial charge in [0.2, 0.25) is 0 Å². The van der Waals surface area contributed by atoms with Crippen LogP contribution in [0, 0.1) is 12.8 Å². The highest BCUT2D eigenvalue weighted by Crippen LogP contribution is 2.21. The molecule has 2 amide bonds. The van der Waals surface area contributed by atoms with Crippen molar-refractivity contribution in [3.05, 3.63) is 52.0 Å². The Bertz CT molecular complexity index is 626. The molecular weight excluding hydrogens is 294 g/mol. The first-order chi connectivity index (χ1) is 10.7. The van der Waals surface area contributed by atoms with Crippen LogP contribution in [0.4, 0.5) is 4.79 Å². The monoisotopic (exact) mass is 315 g/mol. The summed E-state index contributed by atoms with van der Waals surface area (Å²) in [5, 5.41) is 4.03. The molecule has 0 spiro atoms. The maximum absolute atomic E-state index is 12.2. The van der Waals surface area contributed by atoms with Gasteiger partial charge < -0.3 is 10.2 Å². The van der Waals surface area contributed by atoms with E-state index in [-0.39, 0.29) is 6.03 Å². The normalized spacial score (nSPS) is 17.7. The van der Waals surface area contributed by atoms with Crippen molar-refractivity contribution in [1.82, 2.24) is 15.2 Å². The highest BCUT2D eigenvalue weighted by atomic mass is 32.1. The Balaban J connectivity index is 1.46. The largest absolute Gasteiger partial charge is 0.333 e. The number of urea groups is 1. The van der Waals surface area contributed by atoms with Crippen LogP contribution >= 0.6 is 11.3 Å². The Hall–Kier alpha value is -1.88. The van der Waals surface area contributed by atoms with Crippen molar-refractivity contribution < 1.29 is 4.79 Å². The van der Waals surface area contributed by atoms with Gasteiger partial charge >= 0.3 is 6.03 Å². The van der Waals surface area contributed by atoms with Gasteiger partial charge in [0.25, 0.3) is 0 Å². The summed E-state index contributed by atoms with van der Waals surface area (Å²) in [6.45, 7) is 4.25. The molecule has 1 atom stereocenters. The van der Waals surface area contributed by atoms with E-state index < -0.39 is 0 Å². The summed E-state index contributed by atoms with van der Waals surface area (Å²) >= 11 is 1.63. The number of carbonyl (C=O) groups excluding carboxylic acids is 1. The number of aryl methyl sites for hydroxylation is 1. The van der Waals surface area contributed by atoms with E-state index in [2.05, 4.69) is 34.6 Å². The number of likely N-dealkylation sites (tertiary alicyclic amines) is 1. The van der Waals surface area contributed by atoms with Crippen molar-refractivity contribution >= 4 is 17.4 Å². The maximum Gasteiger partial charge on any atom is 0.317 e. The molecule has 2 aromatic rings. The second-order valence-electron chi connectivity index (χ2n) is 5.79. The predicted octanol–water partition coefficient (Wildman–Crippen LogP) is 3.23. The van der Waals surface area contributed by atoms with Crippen molar-refractivity contribution in [1.29, 1.82) is 0 Å². The van der Waals surface area contributed by atoms with E-state index in [1.807, 2.05) is 24.1 Å². The number of nitrogens with zero attached hydrogens (tertiary/aromatic N) is 2. The molecule has 1 saturated heterocycles. The summed E-state index contributed by atoms with van der Waals surface area (Å²) in [4.78, 5) is 19.5. The van der Waals surface area contributed by atoms with Crippen LogP contribution in [0.25, 0.3) is 0 Å². The SMILES string of the molecule is Cc1ncc(CNC(=O)N2CCC(Cc3ccccc3)C2)s1. The van der Waals surface area contributed by atoms with Crippen LogP contribution in [0.1, 0.15) is 21.9 Å². The second-order valence-corrected chi connectivity index (χ2v) is 7.11. The molecule has 1 N–H and O–H groups in total. The van der Waals surface area contributed by atoms with Crippen LogP contribution in [0.2, 0.25) is 0 Å². The molecule has 1 fully saturated rings. The van der Waals surface area contributed by atoms with Crippen LogP contribution < -0.4 is 5.32 Å². The lowest BCUT2D eigenvalue weighted by Crippen LogP contribution is -2.38. The average molecular weight is 315 g/mol. The summed E-state index contributed by atoms with van der Waals surface area (Å²) in [5.74, 6) is 0.568. The number of hydrogen-bond donors (Lipinski definition) is 1. The third kappa shape index (κ3) is 3.85. The molecule has 22 heavy (non-hydrogen) atoms. The first-order valence-corrected chi connectivity index (χ1v) is 8.50. The van der Waals surface area contributed by atoms with Crippen molar-refractivity contribution in [2.24, 2.45) is 5.92 Å².